The third-order valence-corrected chi connectivity index (χ3v) is 3.47. The summed E-state index contributed by atoms with van der Waals surface area (Å²) in [6.07, 6.45) is 1.18. The highest BCUT2D eigenvalue weighted by molar-refractivity contribution is 5.42. The van der Waals surface area contributed by atoms with Crippen LogP contribution in [0.4, 0.5) is 10.1 Å². The zero-order valence-corrected chi connectivity index (χ0v) is 11.8. The van der Waals surface area contributed by atoms with Crippen molar-refractivity contribution in [1.29, 1.82) is 0 Å². The van der Waals surface area contributed by atoms with Crippen LogP contribution >= 0.6 is 0 Å². The van der Waals surface area contributed by atoms with Crippen molar-refractivity contribution in [3.05, 3.63) is 75.1 Å². The van der Waals surface area contributed by atoms with Crippen molar-refractivity contribution in [2.24, 2.45) is 5.73 Å². The van der Waals surface area contributed by atoms with E-state index >= 15 is 0 Å². The van der Waals surface area contributed by atoms with Crippen molar-refractivity contribution >= 4 is 5.69 Å². The fourth-order valence-corrected chi connectivity index (χ4v) is 2.39. The van der Waals surface area contributed by atoms with E-state index in [-0.39, 0.29) is 11.5 Å². The largest absolute Gasteiger partial charge is 0.324 e. The topological polar surface area (TPSA) is 69.2 Å². The van der Waals surface area contributed by atoms with Crippen LogP contribution in [0.1, 0.15) is 29.7 Å². The summed E-state index contributed by atoms with van der Waals surface area (Å²) < 4.78 is 13.2. The maximum Gasteiger partial charge on any atom is 0.269 e. The molecule has 1 unspecified atom stereocenters. The Kier molecular flexibility index (Phi) is 4.65. The fourth-order valence-electron chi connectivity index (χ4n) is 2.39. The van der Waals surface area contributed by atoms with E-state index in [1.54, 1.807) is 18.2 Å². The first-order valence-corrected chi connectivity index (χ1v) is 6.78. The molecule has 2 N–H and O–H groups in total. The smallest absolute Gasteiger partial charge is 0.269 e. The molecule has 0 bridgehead atoms. The van der Waals surface area contributed by atoms with Gasteiger partial charge in [-0.25, -0.2) is 4.39 Å². The monoisotopic (exact) mass is 288 g/mol. The SMILES string of the molecule is CCc1ccc([N+](=O)[O-])cc1C(N)Cc1cccc(F)c1. The number of nitro groups is 1. The molecule has 0 aliphatic carbocycles. The number of hydrogen-bond donors (Lipinski definition) is 1. The summed E-state index contributed by atoms with van der Waals surface area (Å²) >= 11 is 0. The number of benzene rings is 2. The van der Waals surface area contributed by atoms with Gasteiger partial charge in [-0.3, -0.25) is 10.1 Å². The van der Waals surface area contributed by atoms with Crippen LogP contribution in [-0.4, -0.2) is 4.92 Å². The van der Waals surface area contributed by atoms with Crippen molar-refractivity contribution < 1.29 is 9.31 Å². The number of rotatable bonds is 5. The summed E-state index contributed by atoms with van der Waals surface area (Å²) in [7, 11) is 0. The van der Waals surface area contributed by atoms with Gasteiger partial charge in [-0.1, -0.05) is 25.1 Å². The van der Waals surface area contributed by atoms with E-state index in [9.17, 15) is 14.5 Å². The number of nitrogens with zero attached hydrogens (tertiary/aromatic N) is 1. The molecule has 0 saturated carbocycles. The third kappa shape index (κ3) is 3.64. The predicted molar refractivity (Wildman–Crippen MR) is 79.5 cm³/mol. The number of hydrogen-bond acceptors (Lipinski definition) is 3. The molecule has 2 aromatic rings. The van der Waals surface area contributed by atoms with Gasteiger partial charge in [0.2, 0.25) is 0 Å². The molecule has 0 heterocycles. The standard InChI is InChI=1S/C16H17FN2O2/c1-2-12-6-7-14(19(20)21)10-15(12)16(18)9-11-4-3-5-13(17)8-11/h3-8,10,16H,2,9,18H2,1H3. The molecule has 21 heavy (non-hydrogen) atoms. The molecule has 0 radical (unpaired) electrons. The van der Waals surface area contributed by atoms with E-state index in [1.807, 2.05) is 6.92 Å². The van der Waals surface area contributed by atoms with Crippen molar-refractivity contribution in [2.75, 3.05) is 0 Å². The number of halogens is 1. The molecular formula is C16H17FN2O2. The van der Waals surface area contributed by atoms with Crippen molar-refractivity contribution in [3.8, 4) is 0 Å². The highest BCUT2D eigenvalue weighted by Gasteiger charge is 2.16. The second kappa shape index (κ2) is 6.45. The van der Waals surface area contributed by atoms with E-state index in [0.717, 1.165) is 23.1 Å². The summed E-state index contributed by atoms with van der Waals surface area (Å²) in [6.45, 7) is 1.97. The van der Waals surface area contributed by atoms with Crippen molar-refractivity contribution in [3.63, 3.8) is 0 Å². The molecule has 0 spiro atoms. The number of non-ortho nitro benzene ring substituents is 1. The first-order chi connectivity index (χ1) is 10.0. The van der Waals surface area contributed by atoms with Gasteiger partial charge in [0.15, 0.2) is 0 Å². The maximum atomic E-state index is 13.2. The summed E-state index contributed by atoms with van der Waals surface area (Å²) in [5.74, 6) is -0.311. The van der Waals surface area contributed by atoms with Gasteiger partial charge in [0, 0.05) is 18.2 Å². The quantitative estimate of drug-likeness (QED) is 0.675. The normalized spacial score (nSPS) is 12.1. The summed E-state index contributed by atoms with van der Waals surface area (Å²) in [5.41, 5.74) is 8.70. The van der Waals surface area contributed by atoms with Gasteiger partial charge < -0.3 is 5.73 Å². The first kappa shape index (κ1) is 15.1. The summed E-state index contributed by atoms with van der Waals surface area (Å²) in [6, 6.07) is 10.6. The maximum absolute atomic E-state index is 13.2. The van der Waals surface area contributed by atoms with Gasteiger partial charge in [-0.15, -0.1) is 0 Å². The highest BCUT2D eigenvalue weighted by atomic mass is 19.1. The first-order valence-electron chi connectivity index (χ1n) is 6.78. The molecule has 0 amide bonds. The second-order valence-corrected chi connectivity index (χ2v) is 4.93. The van der Waals surface area contributed by atoms with Crippen LogP contribution in [0.25, 0.3) is 0 Å². The summed E-state index contributed by atoms with van der Waals surface area (Å²) in [4.78, 5) is 10.5. The highest BCUT2D eigenvalue weighted by Crippen LogP contribution is 2.25. The van der Waals surface area contributed by atoms with Crippen LogP contribution < -0.4 is 5.73 Å². The second-order valence-electron chi connectivity index (χ2n) is 4.93. The number of nitrogens with two attached hydrogens (primary N) is 1. The minimum atomic E-state index is -0.433. The number of aryl methyl sites for hydroxylation is 1. The molecular weight excluding hydrogens is 271 g/mol. The van der Waals surface area contributed by atoms with Crippen LogP contribution in [0.5, 0.6) is 0 Å². The van der Waals surface area contributed by atoms with Gasteiger partial charge in [0.25, 0.3) is 5.69 Å². The minimum absolute atomic E-state index is 0.0249. The molecule has 2 rings (SSSR count). The average molecular weight is 288 g/mol. The Morgan fingerprint density at radius 3 is 2.67 bits per heavy atom. The lowest BCUT2D eigenvalue weighted by atomic mass is 9.94. The predicted octanol–water partition coefficient (Wildman–Crippen LogP) is 3.54. The zero-order valence-electron chi connectivity index (χ0n) is 11.8. The molecule has 1 atom stereocenters. The molecule has 0 fully saturated rings. The van der Waals surface area contributed by atoms with Crippen LogP contribution in [-0.2, 0) is 12.8 Å². The lowest BCUT2D eigenvalue weighted by Gasteiger charge is -2.16. The lowest BCUT2D eigenvalue weighted by Crippen LogP contribution is -2.15. The molecule has 0 aliphatic rings. The van der Waals surface area contributed by atoms with Gasteiger partial charge in [0.1, 0.15) is 5.82 Å². The van der Waals surface area contributed by atoms with E-state index < -0.39 is 11.0 Å². The summed E-state index contributed by atoms with van der Waals surface area (Å²) in [5, 5.41) is 10.9. The fraction of sp³-hybridized carbons (Fsp3) is 0.250. The molecule has 110 valence electrons. The van der Waals surface area contributed by atoms with E-state index in [0.29, 0.717) is 6.42 Å². The van der Waals surface area contributed by atoms with Gasteiger partial charge in [-0.05, 0) is 41.7 Å². The number of nitro benzene ring substituents is 1. The van der Waals surface area contributed by atoms with Crippen molar-refractivity contribution in [1.82, 2.24) is 0 Å². The Hall–Kier alpha value is -2.27. The molecule has 4 nitrogen and oxygen atoms in total. The molecule has 0 aliphatic heterocycles. The van der Waals surface area contributed by atoms with Crippen LogP contribution in [0.2, 0.25) is 0 Å². The third-order valence-electron chi connectivity index (χ3n) is 3.47. The minimum Gasteiger partial charge on any atom is -0.324 e. The lowest BCUT2D eigenvalue weighted by molar-refractivity contribution is -0.384. The Morgan fingerprint density at radius 1 is 1.29 bits per heavy atom. The van der Waals surface area contributed by atoms with Gasteiger partial charge >= 0.3 is 0 Å². The average Bonchev–Trinajstić information content (AvgIpc) is 2.46. The van der Waals surface area contributed by atoms with E-state index in [2.05, 4.69) is 0 Å². The Labute approximate surface area is 122 Å². The van der Waals surface area contributed by atoms with Gasteiger partial charge in [-0.2, -0.15) is 0 Å². The Balaban J connectivity index is 2.30. The molecule has 2 aromatic carbocycles. The van der Waals surface area contributed by atoms with Crippen LogP contribution in [0, 0.1) is 15.9 Å². The molecule has 5 heteroatoms. The Bertz CT molecular complexity index is 658. The molecule has 0 aromatic heterocycles. The van der Waals surface area contributed by atoms with Crippen molar-refractivity contribution in [2.45, 2.75) is 25.8 Å². The molecule has 0 saturated heterocycles. The van der Waals surface area contributed by atoms with Crippen LogP contribution in [0.15, 0.2) is 42.5 Å². The zero-order chi connectivity index (χ0) is 15.4. The van der Waals surface area contributed by atoms with Gasteiger partial charge in [0.05, 0.1) is 4.92 Å². The Morgan fingerprint density at radius 2 is 2.05 bits per heavy atom. The van der Waals surface area contributed by atoms with E-state index in [1.165, 1.54) is 24.3 Å². The van der Waals surface area contributed by atoms with Crippen LogP contribution in [0.3, 0.4) is 0 Å². The van der Waals surface area contributed by atoms with E-state index in [4.69, 9.17) is 5.73 Å².